The minimum atomic E-state index is -0.952. The molecule has 0 unspecified atom stereocenters. The lowest BCUT2D eigenvalue weighted by Crippen LogP contribution is -1.92. The molecule has 0 amide bonds. The monoisotopic (exact) mass is 318 g/mol. The fraction of sp³-hybridized carbons (Fsp3) is 0.222. The van der Waals surface area contributed by atoms with Crippen molar-refractivity contribution in [1.82, 2.24) is 0 Å². The van der Waals surface area contributed by atoms with E-state index in [4.69, 9.17) is 0 Å². The Kier molecular flexibility index (Phi) is 6.09. The highest BCUT2D eigenvalue weighted by molar-refractivity contribution is 5.82. The third-order valence-electron chi connectivity index (χ3n) is 3.30. The largest absolute Gasteiger partial charge is 0.206 e. The van der Waals surface area contributed by atoms with Crippen molar-refractivity contribution in [1.29, 1.82) is 0 Å². The van der Waals surface area contributed by atoms with Gasteiger partial charge < -0.3 is 0 Å². The van der Waals surface area contributed by atoms with Crippen LogP contribution in [0.25, 0.3) is 0 Å². The van der Waals surface area contributed by atoms with Crippen LogP contribution in [0.4, 0.5) is 13.2 Å². The van der Waals surface area contributed by atoms with E-state index < -0.39 is 11.6 Å². The van der Waals surface area contributed by atoms with Gasteiger partial charge in [0.05, 0.1) is 12.4 Å². The van der Waals surface area contributed by atoms with Gasteiger partial charge in [0.15, 0.2) is 11.6 Å². The van der Waals surface area contributed by atoms with Crippen LogP contribution < -0.4 is 0 Å². The van der Waals surface area contributed by atoms with Crippen molar-refractivity contribution in [3.05, 3.63) is 70.5 Å². The van der Waals surface area contributed by atoms with Crippen LogP contribution in [0.1, 0.15) is 36.5 Å². The van der Waals surface area contributed by atoms with Crippen LogP contribution >= 0.6 is 0 Å². The van der Waals surface area contributed by atoms with Gasteiger partial charge in [-0.25, -0.2) is 13.2 Å². The number of hydrogen-bond acceptors (Lipinski definition) is 2. The van der Waals surface area contributed by atoms with Gasteiger partial charge in [0.25, 0.3) is 0 Å². The van der Waals surface area contributed by atoms with Crippen LogP contribution in [0.3, 0.4) is 0 Å². The molecule has 0 N–H and O–H groups in total. The summed E-state index contributed by atoms with van der Waals surface area (Å²) in [4.78, 5) is 0. The molecule has 0 aromatic heterocycles. The van der Waals surface area contributed by atoms with E-state index in [2.05, 4.69) is 17.1 Å². The maximum atomic E-state index is 13.9. The fourth-order valence-corrected chi connectivity index (χ4v) is 2.00. The summed E-state index contributed by atoms with van der Waals surface area (Å²) in [5, 5.41) is 7.44. The van der Waals surface area contributed by atoms with Crippen molar-refractivity contribution in [3.8, 4) is 0 Å². The Balaban J connectivity index is 2.02. The lowest BCUT2D eigenvalue weighted by molar-refractivity contribution is 0.508. The topological polar surface area (TPSA) is 24.7 Å². The molecular formula is C18H17F3N2. The molecule has 0 aliphatic carbocycles. The number of rotatable bonds is 6. The number of benzene rings is 2. The van der Waals surface area contributed by atoms with Gasteiger partial charge in [-0.1, -0.05) is 31.5 Å². The second kappa shape index (κ2) is 8.27. The molecule has 2 aromatic rings. The Morgan fingerprint density at radius 3 is 2.35 bits per heavy atom. The van der Waals surface area contributed by atoms with Crippen LogP contribution in [-0.2, 0) is 6.42 Å². The summed E-state index contributed by atoms with van der Waals surface area (Å²) in [7, 11) is 0. The molecular weight excluding hydrogens is 301 g/mol. The van der Waals surface area contributed by atoms with Crippen molar-refractivity contribution in [3.63, 3.8) is 0 Å². The molecule has 0 saturated carbocycles. The van der Waals surface area contributed by atoms with Crippen molar-refractivity contribution in [2.45, 2.75) is 26.2 Å². The van der Waals surface area contributed by atoms with E-state index in [1.807, 2.05) is 6.07 Å². The van der Waals surface area contributed by atoms with Gasteiger partial charge in [0.1, 0.15) is 5.82 Å². The van der Waals surface area contributed by atoms with Crippen LogP contribution in [-0.4, -0.2) is 12.4 Å². The summed E-state index contributed by atoms with van der Waals surface area (Å²) in [5.74, 6) is -2.23. The minimum absolute atomic E-state index is 0.327. The second-order valence-corrected chi connectivity index (χ2v) is 5.12. The van der Waals surface area contributed by atoms with Crippen LogP contribution in [0.15, 0.2) is 46.6 Å². The summed E-state index contributed by atoms with van der Waals surface area (Å²) in [6, 6.07) is 8.40. The predicted octanol–water partition coefficient (Wildman–Crippen LogP) is 4.90. The minimum Gasteiger partial charge on any atom is -0.206 e. The molecule has 0 bridgehead atoms. The number of halogens is 3. The third-order valence-corrected chi connectivity index (χ3v) is 3.30. The molecule has 23 heavy (non-hydrogen) atoms. The van der Waals surface area contributed by atoms with Crippen LogP contribution in [0.2, 0.25) is 0 Å². The number of unbranched alkanes of at least 4 members (excludes halogenated alkanes) is 1. The zero-order valence-corrected chi connectivity index (χ0v) is 12.8. The number of aryl methyl sites for hydroxylation is 1. The highest BCUT2D eigenvalue weighted by Gasteiger charge is 2.02. The van der Waals surface area contributed by atoms with Crippen molar-refractivity contribution < 1.29 is 13.2 Å². The first-order valence-corrected chi connectivity index (χ1v) is 7.40. The molecule has 0 saturated heterocycles. The van der Waals surface area contributed by atoms with Crippen molar-refractivity contribution in [2.75, 3.05) is 0 Å². The number of nitrogens with zero attached hydrogens (tertiary/aromatic N) is 2. The molecule has 2 rings (SSSR count). The molecule has 0 aliphatic rings. The zero-order chi connectivity index (χ0) is 16.7. The van der Waals surface area contributed by atoms with E-state index in [1.165, 1.54) is 24.6 Å². The predicted molar refractivity (Wildman–Crippen MR) is 86.6 cm³/mol. The fourth-order valence-electron chi connectivity index (χ4n) is 2.00. The first-order chi connectivity index (χ1) is 11.1. The van der Waals surface area contributed by atoms with E-state index in [0.29, 0.717) is 11.1 Å². The Bertz CT molecular complexity index is 724. The SMILES string of the molecule is CCCCc1ccc(/C=N/N=C/c2ccc(F)c(F)c2)c(F)c1. The molecule has 0 spiro atoms. The van der Waals surface area contributed by atoms with Gasteiger partial charge in [-0.2, -0.15) is 10.2 Å². The van der Waals surface area contributed by atoms with Crippen LogP contribution in [0.5, 0.6) is 0 Å². The van der Waals surface area contributed by atoms with Gasteiger partial charge in [0, 0.05) is 5.56 Å². The van der Waals surface area contributed by atoms with E-state index in [-0.39, 0.29) is 5.82 Å². The summed E-state index contributed by atoms with van der Waals surface area (Å²) in [6.45, 7) is 2.09. The first kappa shape index (κ1) is 16.9. The maximum absolute atomic E-state index is 13.9. The molecule has 0 heterocycles. The molecule has 0 atom stereocenters. The third kappa shape index (κ3) is 5.06. The standard InChI is InChI=1S/C18H17F3N2/c1-2-3-4-13-5-7-15(17(20)9-13)12-23-22-11-14-6-8-16(19)18(21)10-14/h5-12H,2-4H2,1H3/b22-11+,23-12+. The molecule has 0 radical (unpaired) electrons. The lowest BCUT2D eigenvalue weighted by atomic mass is 10.1. The van der Waals surface area contributed by atoms with E-state index in [9.17, 15) is 13.2 Å². The molecule has 0 fully saturated rings. The van der Waals surface area contributed by atoms with Gasteiger partial charge >= 0.3 is 0 Å². The first-order valence-electron chi connectivity index (χ1n) is 7.40. The van der Waals surface area contributed by atoms with Crippen LogP contribution in [0, 0.1) is 17.5 Å². The Morgan fingerprint density at radius 2 is 1.65 bits per heavy atom. The van der Waals surface area contributed by atoms with Gasteiger partial charge in [-0.3, -0.25) is 0 Å². The molecule has 2 nitrogen and oxygen atoms in total. The highest BCUT2D eigenvalue weighted by Crippen LogP contribution is 2.11. The normalized spacial score (nSPS) is 11.7. The Labute approximate surface area is 133 Å². The van der Waals surface area contributed by atoms with E-state index >= 15 is 0 Å². The quantitative estimate of drug-likeness (QED) is 0.534. The lowest BCUT2D eigenvalue weighted by Gasteiger charge is -2.01. The average Bonchev–Trinajstić information content (AvgIpc) is 2.54. The van der Waals surface area contributed by atoms with Crippen molar-refractivity contribution >= 4 is 12.4 Å². The summed E-state index contributed by atoms with van der Waals surface area (Å²) < 4.78 is 39.7. The summed E-state index contributed by atoms with van der Waals surface area (Å²) in [5.41, 5.74) is 1.65. The summed E-state index contributed by atoms with van der Waals surface area (Å²) in [6.07, 6.45) is 5.48. The second-order valence-electron chi connectivity index (χ2n) is 5.12. The summed E-state index contributed by atoms with van der Waals surface area (Å²) >= 11 is 0. The molecule has 120 valence electrons. The van der Waals surface area contributed by atoms with Gasteiger partial charge in [0.2, 0.25) is 0 Å². The van der Waals surface area contributed by atoms with Gasteiger partial charge in [-0.15, -0.1) is 0 Å². The van der Waals surface area contributed by atoms with Crippen molar-refractivity contribution in [2.24, 2.45) is 10.2 Å². The van der Waals surface area contributed by atoms with Gasteiger partial charge in [-0.05, 0) is 42.2 Å². The Hall–Kier alpha value is -2.43. The number of hydrogen-bond donors (Lipinski definition) is 0. The maximum Gasteiger partial charge on any atom is 0.159 e. The molecule has 2 aromatic carbocycles. The molecule has 0 aliphatic heterocycles. The molecule has 5 heteroatoms. The zero-order valence-electron chi connectivity index (χ0n) is 12.8. The average molecular weight is 318 g/mol. The Morgan fingerprint density at radius 1 is 0.870 bits per heavy atom. The van der Waals surface area contributed by atoms with E-state index in [1.54, 1.807) is 6.07 Å². The highest BCUT2D eigenvalue weighted by atomic mass is 19.2. The van der Waals surface area contributed by atoms with E-state index in [0.717, 1.165) is 37.0 Å². The smallest absolute Gasteiger partial charge is 0.159 e.